The van der Waals surface area contributed by atoms with Crippen LogP contribution in [0.25, 0.3) is 0 Å². The number of thioether (sulfide) groups is 1. The summed E-state index contributed by atoms with van der Waals surface area (Å²) in [6, 6.07) is 15.8. The predicted molar refractivity (Wildman–Crippen MR) is 82.6 cm³/mol. The first kappa shape index (κ1) is 14.4. The molecule has 0 spiro atoms. The molecule has 0 saturated heterocycles. The van der Waals surface area contributed by atoms with Gasteiger partial charge in [-0.05, 0) is 29.5 Å². The first-order valence-corrected chi connectivity index (χ1v) is 7.50. The third-order valence-electron chi connectivity index (χ3n) is 3.05. The molecule has 0 aliphatic carbocycles. The first-order chi connectivity index (χ1) is 9.78. The molecule has 0 saturated carbocycles. The zero-order valence-corrected chi connectivity index (χ0v) is 12.1. The average Bonchev–Trinajstić information content (AvgIpc) is 2.52. The monoisotopic (exact) mass is 284 g/mol. The summed E-state index contributed by atoms with van der Waals surface area (Å²) in [6.07, 6.45) is 1.97. The average molecular weight is 284 g/mol. The van der Waals surface area contributed by atoms with Crippen LogP contribution in [0.2, 0.25) is 0 Å². The molecule has 0 aromatic heterocycles. The molecule has 0 bridgehead atoms. The second-order valence-corrected chi connectivity index (χ2v) is 5.17. The van der Waals surface area contributed by atoms with E-state index in [1.165, 1.54) is 0 Å². The Bertz CT molecular complexity index is 617. The minimum absolute atomic E-state index is 0.0576. The van der Waals surface area contributed by atoms with Gasteiger partial charge in [0.15, 0.2) is 0 Å². The number of nitrogens with one attached hydrogen (secondary N) is 1. The highest BCUT2D eigenvalue weighted by Crippen LogP contribution is 2.26. The van der Waals surface area contributed by atoms with Crippen LogP contribution in [-0.4, -0.2) is 11.4 Å². The van der Waals surface area contributed by atoms with E-state index < -0.39 is 0 Å². The number of aliphatic hydroxyl groups is 1. The highest BCUT2D eigenvalue weighted by Gasteiger charge is 2.06. The third kappa shape index (κ3) is 3.32. The van der Waals surface area contributed by atoms with Gasteiger partial charge in [-0.2, -0.15) is 5.26 Å². The van der Waals surface area contributed by atoms with Gasteiger partial charge in [-0.1, -0.05) is 30.3 Å². The molecule has 2 N–H and O–H groups in total. The molecule has 0 fully saturated rings. The minimum atomic E-state index is 0.0576. The molecule has 0 amide bonds. The maximum Gasteiger partial charge on any atom is 0.102 e. The molecule has 20 heavy (non-hydrogen) atoms. The van der Waals surface area contributed by atoms with Crippen molar-refractivity contribution in [3.05, 3.63) is 59.2 Å². The molecular weight excluding hydrogens is 268 g/mol. The van der Waals surface area contributed by atoms with Crippen LogP contribution >= 0.6 is 11.8 Å². The normalized spacial score (nSPS) is 10.1. The Balaban J connectivity index is 2.12. The topological polar surface area (TPSA) is 56.0 Å². The standard InChI is InChI=1S/C16H16N2OS/c1-20-16-4-2-3-15(14(16)9-17)18-10-12-5-7-13(11-19)8-6-12/h2-8,18-19H,10-11H2,1H3. The molecule has 0 aliphatic heterocycles. The summed E-state index contributed by atoms with van der Waals surface area (Å²) < 4.78 is 0. The van der Waals surface area contributed by atoms with Gasteiger partial charge in [0.25, 0.3) is 0 Å². The van der Waals surface area contributed by atoms with Gasteiger partial charge in [-0.15, -0.1) is 11.8 Å². The Hall–Kier alpha value is -1.96. The van der Waals surface area contributed by atoms with E-state index in [4.69, 9.17) is 5.11 Å². The smallest absolute Gasteiger partial charge is 0.102 e. The predicted octanol–water partition coefficient (Wildman–Crippen LogP) is 3.38. The zero-order valence-electron chi connectivity index (χ0n) is 11.3. The fourth-order valence-corrected chi connectivity index (χ4v) is 2.50. The van der Waals surface area contributed by atoms with Gasteiger partial charge in [0.2, 0.25) is 0 Å². The van der Waals surface area contributed by atoms with Crippen LogP contribution in [0.3, 0.4) is 0 Å². The van der Waals surface area contributed by atoms with E-state index in [9.17, 15) is 5.26 Å². The van der Waals surface area contributed by atoms with Crippen molar-refractivity contribution in [2.75, 3.05) is 11.6 Å². The van der Waals surface area contributed by atoms with Crippen molar-refractivity contribution >= 4 is 17.4 Å². The molecular formula is C16H16N2OS. The Labute approximate surface area is 123 Å². The van der Waals surface area contributed by atoms with Crippen molar-refractivity contribution in [2.45, 2.75) is 18.0 Å². The van der Waals surface area contributed by atoms with Crippen molar-refractivity contribution in [2.24, 2.45) is 0 Å². The zero-order chi connectivity index (χ0) is 14.4. The van der Waals surface area contributed by atoms with E-state index in [1.54, 1.807) is 11.8 Å². The summed E-state index contributed by atoms with van der Waals surface area (Å²) in [5, 5.41) is 21.6. The summed E-state index contributed by atoms with van der Waals surface area (Å²) in [6.45, 7) is 0.709. The number of rotatable bonds is 5. The summed E-state index contributed by atoms with van der Waals surface area (Å²) >= 11 is 1.57. The van der Waals surface area contributed by atoms with Gasteiger partial charge < -0.3 is 10.4 Å². The van der Waals surface area contributed by atoms with Crippen LogP contribution in [0.5, 0.6) is 0 Å². The number of nitrogens with zero attached hydrogens (tertiary/aromatic N) is 1. The number of nitriles is 1. The molecule has 0 heterocycles. The van der Waals surface area contributed by atoms with E-state index in [1.807, 2.05) is 48.7 Å². The summed E-state index contributed by atoms with van der Waals surface area (Å²) in [7, 11) is 0. The number of anilines is 1. The summed E-state index contributed by atoms with van der Waals surface area (Å²) in [4.78, 5) is 0.980. The van der Waals surface area contributed by atoms with Crippen molar-refractivity contribution in [3.63, 3.8) is 0 Å². The molecule has 2 aromatic rings. The Morgan fingerprint density at radius 2 is 1.85 bits per heavy atom. The molecule has 102 valence electrons. The van der Waals surface area contributed by atoms with Crippen LogP contribution in [0.15, 0.2) is 47.4 Å². The second-order valence-electron chi connectivity index (χ2n) is 4.32. The summed E-state index contributed by atoms with van der Waals surface area (Å²) in [5.41, 5.74) is 3.55. The third-order valence-corrected chi connectivity index (χ3v) is 3.83. The van der Waals surface area contributed by atoms with Crippen LogP contribution in [0, 0.1) is 11.3 Å². The largest absolute Gasteiger partial charge is 0.392 e. The Morgan fingerprint density at radius 3 is 2.45 bits per heavy atom. The molecule has 2 rings (SSSR count). The van der Waals surface area contributed by atoms with Crippen LogP contribution in [0.1, 0.15) is 16.7 Å². The van der Waals surface area contributed by atoms with Crippen LogP contribution in [-0.2, 0) is 13.2 Å². The lowest BCUT2D eigenvalue weighted by molar-refractivity contribution is 0.282. The van der Waals surface area contributed by atoms with Gasteiger partial charge in [-0.25, -0.2) is 0 Å². The number of aliphatic hydroxyl groups excluding tert-OH is 1. The first-order valence-electron chi connectivity index (χ1n) is 6.28. The number of hydrogen-bond acceptors (Lipinski definition) is 4. The summed E-state index contributed by atoms with van der Waals surface area (Å²) in [5.74, 6) is 0. The van der Waals surface area contributed by atoms with Gasteiger partial charge >= 0.3 is 0 Å². The van der Waals surface area contributed by atoms with Crippen molar-refractivity contribution in [1.29, 1.82) is 5.26 Å². The van der Waals surface area contributed by atoms with E-state index in [-0.39, 0.29) is 6.61 Å². The van der Waals surface area contributed by atoms with Crippen molar-refractivity contribution in [3.8, 4) is 6.07 Å². The van der Waals surface area contributed by atoms with Crippen molar-refractivity contribution < 1.29 is 5.11 Å². The number of benzene rings is 2. The second kappa shape index (κ2) is 6.99. The SMILES string of the molecule is CSc1cccc(NCc2ccc(CO)cc2)c1C#N. The maximum absolute atomic E-state index is 9.26. The van der Waals surface area contributed by atoms with E-state index >= 15 is 0 Å². The highest BCUT2D eigenvalue weighted by atomic mass is 32.2. The Kier molecular flexibility index (Phi) is 5.05. The van der Waals surface area contributed by atoms with Crippen LogP contribution < -0.4 is 5.32 Å². The molecule has 0 atom stereocenters. The molecule has 0 radical (unpaired) electrons. The molecule has 4 heteroatoms. The van der Waals surface area contributed by atoms with E-state index in [0.29, 0.717) is 12.1 Å². The van der Waals surface area contributed by atoms with Crippen LogP contribution in [0.4, 0.5) is 5.69 Å². The van der Waals surface area contributed by atoms with Gasteiger partial charge in [0.05, 0.1) is 17.9 Å². The molecule has 3 nitrogen and oxygen atoms in total. The molecule has 2 aromatic carbocycles. The lowest BCUT2D eigenvalue weighted by atomic mass is 10.1. The van der Waals surface area contributed by atoms with E-state index in [2.05, 4.69) is 11.4 Å². The minimum Gasteiger partial charge on any atom is -0.392 e. The molecule has 0 unspecified atom stereocenters. The van der Waals surface area contributed by atoms with Gasteiger partial charge in [0, 0.05) is 11.4 Å². The highest BCUT2D eigenvalue weighted by molar-refractivity contribution is 7.98. The maximum atomic E-state index is 9.26. The van der Waals surface area contributed by atoms with E-state index in [0.717, 1.165) is 21.7 Å². The van der Waals surface area contributed by atoms with Gasteiger partial charge in [0.1, 0.15) is 6.07 Å². The van der Waals surface area contributed by atoms with Crippen molar-refractivity contribution in [1.82, 2.24) is 0 Å². The fraction of sp³-hybridized carbons (Fsp3) is 0.188. The quantitative estimate of drug-likeness (QED) is 0.826. The lowest BCUT2D eigenvalue weighted by Crippen LogP contribution is -2.02. The Morgan fingerprint density at radius 1 is 1.15 bits per heavy atom. The lowest BCUT2D eigenvalue weighted by Gasteiger charge is -2.11. The fourth-order valence-electron chi connectivity index (χ4n) is 1.92. The molecule has 0 aliphatic rings. The number of hydrogen-bond donors (Lipinski definition) is 2. The van der Waals surface area contributed by atoms with Gasteiger partial charge in [-0.3, -0.25) is 0 Å².